The molecular formula is C52H36N4O. The Morgan fingerprint density at radius 1 is 0.491 bits per heavy atom. The summed E-state index contributed by atoms with van der Waals surface area (Å²) < 4.78 is 8.89. The van der Waals surface area contributed by atoms with Gasteiger partial charge in [0.1, 0.15) is 11.2 Å². The van der Waals surface area contributed by atoms with E-state index in [1.807, 2.05) is 72.8 Å². The summed E-state index contributed by atoms with van der Waals surface area (Å²) >= 11 is 0. The van der Waals surface area contributed by atoms with E-state index in [0.29, 0.717) is 23.4 Å². The average molecular weight is 733 g/mol. The van der Waals surface area contributed by atoms with E-state index in [2.05, 4.69) is 121 Å². The second-order valence-corrected chi connectivity index (χ2v) is 14.9. The van der Waals surface area contributed by atoms with Crippen molar-refractivity contribution in [3.63, 3.8) is 0 Å². The van der Waals surface area contributed by atoms with Gasteiger partial charge in [0, 0.05) is 43.9 Å². The van der Waals surface area contributed by atoms with Gasteiger partial charge in [-0.3, -0.25) is 0 Å². The first-order valence-electron chi connectivity index (χ1n) is 19.5. The van der Waals surface area contributed by atoms with E-state index in [4.69, 9.17) is 19.4 Å². The molecule has 5 nitrogen and oxygen atoms in total. The zero-order chi connectivity index (χ0) is 37.9. The summed E-state index contributed by atoms with van der Waals surface area (Å²) in [6.07, 6.45) is 8.03. The smallest absolute Gasteiger partial charge is 0.164 e. The van der Waals surface area contributed by atoms with Crippen molar-refractivity contribution in [2.45, 2.75) is 13.3 Å². The maximum atomic E-state index is 6.47. The highest BCUT2D eigenvalue weighted by Gasteiger charge is 2.19. The van der Waals surface area contributed by atoms with Crippen LogP contribution in [0.4, 0.5) is 0 Å². The van der Waals surface area contributed by atoms with E-state index in [1.165, 1.54) is 38.6 Å². The Kier molecular flexibility index (Phi) is 7.78. The summed E-state index contributed by atoms with van der Waals surface area (Å²) in [5.74, 6) is 2.37. The van der Waals surface area contributed by atoms with Gasteiger partial charge in [-0.05, 0) is 83.1 Å². The van der Waals surface area contributed by atoms with Gasteiger partial charge >= 0.3 is 0 Å². The Morgan fingerprint density at radius 2 is 1.09 bits per heavy atom. The number of para-hydroxylation sites is 1. The Labute approximate surface area is 329 Å². The van der Waals surface area contributed by atoms with Gasteiger partial charge in [-0.15, -0.1) is 0 Å². The highest BCUT2D eigenvalue weighted by atomic mass is 16.3. The Morgan fingerprint density at radius 3 is 1.82 bits per heavy atom. The maximum absolute atomic E-state index is 6.47. The van der Waals surface area contributed by atoms with Crippen LogP contribution >= 0.6 is 0 Å². The molecule has 5 heteroatoms. The van der Waals surface area contributed by atoms with Crippen LogP contribution in [-0.2, 0) is 0 Å². The average Bonchev–Trinajstić information content (AvgIpc) is 3.82. The van der Waals surface area contributed by atoms with E-state index >= 15 is 0 Å². The first-order valence-corrected chi connectivity index (χ1v) is 19.5. The van der Waals surface area contributed by atoms with Gasteiger partial charge in [-0.1, -0.05) is 140 Å². The number of rotatable bonds is 6. The number of hydrogen-bond donors (Lipinski definition) is 0. The normalized spacial score (nSPS) is 14.2. The molecule has 3 heterocycles. The zero-order valence-electron chi connectivity index (χ0n) is 31.3. The molecule has 0 fully saturated rings. The molecule has 0 saturated carbocycles. The molecule has 0 N–H and O–H groups in total. The van der Waals surface area contributed by atoms with Crippen molar-refractivity contribution in [1.29, 1.82) is 0 Å². The van der Waals surface area contributed by atoms with Crippen LogP contribution in [0.25, 0.3) is 106 Å². The van der Waals surface area contributed by atoms with Gasteiger partial charge in [0.2, 0.25) is 0 Å². The van der Waals surface area contributed by atoms with Crippen molar-refractivity contribution in [2.24, 2.45) is 5.92 Å². The van der Waals surface area contributed by atoms with Gasteiger partial charge in [0.15, 0.2) is 17.5 Å². The predicted octanol–water partition coefficient (Wildman–Crippen LogP) is 13.7. The van der Waals surface area contributed by atoms with E-state index < -0.39 is 0 Å². The molecular weight excluding hydrogens is 697 g/mol. The number of allylic oxidation sites excluding steroid dienone is 4. The third-order valence-corrected chi connectivity index (χ3v) is 11.1. The van der Waals surface area contributed by atoms with Gasteiger partial charge < -0.3 is 8.98 Å². The number of aromatic nitrogens is 4. The number of benzene rings is 7. The number of hydrogen-bond acceptors (Lipinski definition) is 4. The molecule has 0 aliphatic heterocycles. The van der Waals surface area contributed by atoms with Crippen LogP contribution in [0.15, 0.2) is 186 Å². The van der Waals surface area contributed by atoms with Crippen molar-refractivity contribution in [3.8, 4) is 56.4 Å². The van der Waals surface area contributed by atoms with Gasteiger partial charge in [-0.2, -0.15) is 0 Å². The summed E-state index contributed by atoms with van der Waals surface area (Å²) in [6, 6.07) is 57.2. The molecule has 11 rings (SSSR count). The first kappa shape index (κ1) is 33.0. The van der Waals surface area contributed by atoms with Crippen molar-refractivity contribution in [2.75, 3.05) is 0 Å². The minimum atomic E-state index is 0.512. The molecule has 0 spiro atoms. The number of nitrogens with zero attached hydrogens (tertiary/aromatic N) is 4. The third kappa shape index (κ3) is 5.75. The number of furan rings is 1. The highest BCUT2D eigenvalue weighted by molar-refractivity contribution is 6.13. The van der Waals surface area contributed by atoms with Crippen molar-refractivity contribution >= 4 is 49.4 Å². The standard InChI is InChI=1S/C52H36N4O/c1-33-13-10-20-40(29-33)56-45-23-9-8-21-41(45)43-31-38(25-27-46(43)56)36-18-11-19-37(30-36)39-26-28-47-44(32-39)49-42(22-12-24-48(49)57-47)52-54-50(34-14-4-2-5-15-34)53-51(55-52)35-16-6-3-7-17-35/h2-12,14-33H,13H2,1H3. The molecule has 1 unspecified atom stereocenters. The molecule has 10 aromatic rings. The molecule has 1 aliphatic carbocycles. The van der Waals surface area contributed by atoms with Crippen LogP contribution in [0.3, 0.4) is 0 Å². The summed E-state index contributed by atoms with van der Waals surface area (Å²) in [7, 11) is 0. The lowest BCUT2D eigenvalue weighted by Crippen LogP contribution is -2.01. The van der Waals surface area contributed by atoms with Gasteiger partial charge in [-0.25, -0.2) is 15.0 Å². The third-order valence-electron chi connectivity index (χ3n) is 11.1. The fourth-order valence-electron chi connectivity index (χ4n) is 8.40. The fraction of sp³-hybridized carbons (Fsp3) is 0.0577. The van der Waals surface area contributed by atoms with Gasteiger partial charge in [0.05, 0.1) is 11.0 Å². The lowest BCUT2D eigenvalue weighted by Gasteiger charge is -2.15. The fourth-order valence-corrected chi connectivity index (χ4v) is 8.40. The zero-order valence-corrected chi connectivity index (χ0v) is 31.3. The molecule has 7 aromatic carbocycles. The quantitative estimate of drug-likeness (QED) is 0.171. The van der Waals surface area contributed by atoms with Crippen LogP contribution < -0.4 is 0 Å². The van der Waals surface area contributed by atoms with Gasteiger partial charge in [0.25, 0.3) is 0 Å². The summed E-state index contributed by atoms with van der Waals surface area (Å²) in [4.78, 5) is 15.0. The number of fused-ring (bicyclic) bond motifs is 6. The van der Waals surface area contributed by atoms with Crippen molar-refractivity contribution < 1.29 is 4.42 Å². The molecule has 3 aromatic heterocycles. The molecule has 0 bridgehead atoms. The minimum Gasteiger partial charge on any atom is -0.456 e. The topological polar surface area (TPSA) is 56.7 Å². The molecule has 270 valence electrons. The Bertz CT molecular complexity index is 3170. The van der Waals surface area contributed by atoms with Crippen LogP contribution in [0.2, 0.25) is 0 Å². The van der Waals surface area contributed by atoms with E-state index in [-0.39, 0.29) is 0 Å². The summed E-state index contributed by atoms with van der Waals surface area (Å²) in [5, 5.41) is 4.51. The predicted molar refractivity (Wildman–Crippen MR) is 234 cm³/mol. The second kappa shape index (κ2) is 13.4. The van der Waals surface area contributed by atoms with E-state index in [1.54, 1.807) is 0 Å². The lowest BCUT2D eigenvalue weighted by molar-refractivity contribution is 0.669. The Hall–Kier alpha value is -7.37. The van der Waals surface area contributed by atoms with Crippen molar-refractivity contribution in [3.05, 3.63) is 182 Å². The molecule has 0 saturated heterocycles. The maximum Gasteiger partial charge on any atom is 0.164 e. The highest BCUT2D eigenvalue weighted by Crippen LogP contribution is 2.40. The largest absolute Gasteiger partial charge is 0.456 e. The van der Waals surface area contributed by atoms with E-state index in [0.717, 1.165) is 56.2 Å². The SMILES string of the molecule is CC1C=C(n2c3ccccc3c3cc(-c4cccc(-c5ccc6oc7cccc(-c8nc(-c9ccccc9)nc(-c9ccccc9)n8)c7c6c5)c4)ccc32)C=CC1. The van der Waals surface area contributed by atoms with Crippen LogP contribution in [0, 0.1) is 5.92 Å². The molecule has 1 atom stereocenters. The summed E-state index contributed by atoms with van der Waals surface area (Å²) in [5.41, 5.74) is 12.7. The second-order valence-electron chi connectivity index (χ2n) is 14.9. The lowest BCUT2D eigenvalue weighted by atomic mass is 9.96. The van der Waals surface area contributed by atoms with E-state index in [9.17, 15) is 0 Å². The summed E-state index contributed by atoms with van der Waals surface area (Å²) in [6.45, 7) is 2.28. The molecule has 0 amide bonds. The molecule has 1 aliphatic rings. The van der Waals surface area contributed by atoms with Crippen LogP contribution in [0.1, 0.15) is 13.3 Å². The Balaban J connectivity index is 1.03. The van der Waals surface area contributed by atoms with Crippen molar-refractivity contribution in [1.82, 2.24) is 19.5 Å². The molecule has 0 radical (unpaired) electrons. The van der Waals surface area contributed by atoms with Crippen LogP contribution in [0.5, 0.6) is 0 Å². The monoisotopic (exact) mass is 732 g/mol. The minimum absolute atomic E-state index is 0.512. The van der Waals surface area contributed by atoms with Crippen LogP contribution in [-0.4, -0.2) is 19.5 Å². The molecule has 57 heavy (non-hydrogen) atoms. The first-order chi connectivity index (χ1) is 28.1.